The normalized spacial score (nSPS) is 12.5. The maximum absolute atomic E-state index is 11.3. The van der Waals surface area contributed by atoms with E-state index in [1.165, 1.54) is 11.3 Å². The van der Waals surface area contributed by atoms with Gasteiger partial charge >= 0.3 is 0 Å². The average Bonchev–Trinajstić information content (AvgIpc) is 2.49. The van der Waals surface area contributed by atoms with E-state index in [1.807, 2.05) is 13.8 Å². The van der Waals surface area contributed by atoms with Gasteiger partial charge in [-0.3, -0.25) is 10.1 Å². The maximum atomic E-state index is 11.3. The molecule has 0 aliphatic carbocycles. The van der Waals surface area contributed by atoms with Gasteiger partial charge in [0.05, 0.1) is 4.83 Å². The van der Waals surface area contributed by atoms with Crippen molar-refractivity contribution in [2.75, 3.05) is 5.32 Å². The first-order chi connectivity index (χ1) is 6.13. The number of carbonyl (C=O) groups excluding carboxylic acids is 1. The third-order valence-corrected chi connectivity index (χ3v) is 3.22. The Balaban J connectivity index is 2.54. The van der Waals surface area contributed by atoms with Crippen LogP contribution in [0.4, 0.5) is 5.13 Å². The van der Waals surface area contributed by atoms with Crippen molar-refractivity contribution in [2.24, 2.45) is 0 Å². The number of anilines is 1. The number of aromatic nitrogens is 2. The molecule has 0 aromatic carbocycles. The highest BCUT2D eigenvalue weighted by Gasteiger charge is 2.13. The minimum atomic E-state index is -0.156. The fourth-order valence-corrected chi connectivity index (χ4v) is 1.43. The van der Waals surface area contributed by atoms with Gasteiger partial charge in [0.15, 0.2) is 0 Å². The van der Waals surface area contributed by atoms with E-state index in [0.717, 1.165) is 11.4 Å². The lowest BCUT2D eigenvalue weighted by molar-refractivity contribution is -0.115. The zero-order chi connectivity index (χ0) is 9.84. The molecule has 0 aliphatic heterocycles. The summed E-state index contributed by atoms with van der Waals surface area (Å²) >= 11 is 4.62. The molecule has 0 unspecified atom stereocenters. The molecule has 0 radical (unpaired) electrons. The summed E-state index contributed by atoms with van der Waals surface area (Å²) in [6.07, 6.45) is 0.754. The lowest BCUT2D eigenvalue weighted by Gasteiger charge is -2.04. The summed E-state index contributed by atoms with van der Waals surface area (Å²) < 4.78 is 0. The van der Waals surface area contributed by atoms with Crippen molar-refractivity contribution in [3.63, 3.8) is 0 Å². The van der Waals surface area contributed by atoms with E-state index in [9.17, 15) is 4.79 Å². The molecule has 1 N–H and O–H groups in total. The minimum Gasteiger partial charge on any atom is -0.300 e. The van der Waals surface area contributed by atoms with Crippen molar-refractivity contribution in [3.8, 4) is 0 Å². The highest BCUT2D eigenvalue weighted by Crippen LogP contribution is 2.15. The first kappa shape index (κ1) is 10.6. The molecule has 72 valence electrons. The van der Waals surface area contributed by atoms with Gasteiger partial charge < -0.3 is 0 Å². The smallest absolute Gasteiger partial charge is 0.239 e. The Labute approximate surface area is 88.9 Å². The van der Waals surface area contributed by atoms with Gasteiger partial charge in [0.2, 0.25) is 11.0 Å². The van der Waals surface area contributed by atoms with E-state index < -0.39 is 0 Å². The molecule has 4 nitrogen and oxygen atoms in total. The van der Waals surface area contributed by atoms with Gasteiger partial charge in [0, 0.05) is 0 Å². The van der Waals surface area contributed by atoms with E-state index >= 15 is 0 Å². The second-order valence-corrected chi connectivity index (χ2v) is 4.78. The van der Waals surface area contributed by atoms with Gasteiger partial charge in [0.25, 0.3) is 0 Å². The van der Waals surface area contributed by atoms with Crippen molar-refractivity contribution in [1.82, 2.24) is 10.2 Å². The Morgan fingerprint density at radius 3 is 2.85 bits per heavy atom. The maximum Gasteiger partial charge on any atom is 0.239 e. The number of carbonyl (C=O) groups is 1. The molecule has 0 fully saturated rings. The molecule has 1 aromatic rings. The molecule has 1 atom stereocenters. The van der Waals surface area contributed by atoms with Crippen LogP contribution < -0.4 is 5.32 Å². The van der Waals surface area contributed by atoms with Crippen LogP contribution in [0, 0.1) is 6.92 Å². The van der Waals surface area contributed by atoms with Gasteiger partial charge in [-0.15, -0.1) is 10.2 Å². The topological polar surface area (TPSA) is 54.9 Å². The summed E-state index contributed by atoms with van der Waals surface area (Å²) in [4.78, 5) is 11.2. The molecule has 0 spiro atoms. The van der Waals surface area contributed by atoms with Crippen molar-refractivity contribution in [1.29, 1.82) is 0 Å². The van der Waals surface area contributed by atoms with E-state index in [1.54, 1.807) is 0 Å². The van der Waals surface area contributed by atoms with Crippen LogP contribution in [0.5, 0.6) is 0 Å². The summed E-state index contributed by atoms with van der Waals surface area (Å²) in [5.74, 6) is -0.0707. The molecule has 0 saturated carbocycles. The number of hydrogen-bond acceptors (Lipinski definition) is 4. The number of aryl methyl sites for hydroxylation is 1. The Morgan fingerprint density at radius 1 is 1.69 bits per heavy atom. The zero-order valence-corrected chi connectivity index (χ0v) is 9.78. The SMILES string of the molecule is CC[C@H](Br)C(=O)Nc1nnc(C)s1. The van der Waals surface area contributed by atoms with E-state index in [-0.39, 0.29) is 10.7 Å². The molecular weight excluding hydrogens is 254 g/mol. The molecule has 1 heterocycles. The van der Waals surface area contributed by atoms with Gasteiger partial charge in [-0.25, -0.2) is 0 Å². The number of rotatable bonds is 3. The highest BCUT2D eigenvalue weighted by atomic mass is 79.9. The van der Waals surface area contributed by atoms with E-state index in [2.05, 4.69) is 31.4 Å². The number of nitrogens with zero attached hydrogens (tertiary/aromatic N) is 2. The van der Waals surface area contributed by atoms with Gasteiger partial charge in [-0.2, -0.15) is 0 Å². The monoisotopic (exact) mass is 263 g/mol. The van der Waals surface area contributed by atoms with Crippen LogP contribution in [0.1, 0.15) is 18.4 Å². The average molecular weight is 264 g/mol. The number of halogens is 1. The first-order valence-electron chi connectivity index (χ1n) is 3.88. The summed E-state index contributed by atoms with van der Waals surface area (Å²) in [5, 5.41) is 11.7. The lowest BCUT2D eigenvalue weighted by Crippen LogP contribution is -2.21. The highest BCUT2D eigenvalue weighted by molar-refractivity contribution is 9.10. The van der Waals surface area contributed by atoms with Crippen molar-refractivity contribution >= 4 is 38.3 Å². The van der Waals surface area contributed by atoms with Crippen molar-refractivity contribution < 1.29 is 4.79 Å². The fourth-order valence-electron chi connectivity index (χ4n) is 0.716. The minimum absolute atomic E-state index is 0.0707. The van der Waals surface area contributed by atoms with Crippen LogP contribution in [-0.2, 0) is 4.79 Å². The zero-order valence-electron chi connectivity index (χ0n) is 7.37. The number of nitrogens with one attached hydrogen (secondary N) is 1. The molecule has 0 aliphatic rings. The number of alkyl halides is 1. The number of hydrogen-bond donors (Lipinski definition) is 1. The number of amides is 1. The predicted octanol–water partition coefficient (Wildman–Crippen LogP) is 1.96. The molecule has 0 bridgehead atoms. The second kappa shape index (κ2) is 4.66. The molecular formula is C7H10BrN3OS. The Morgan fingerprint density at radius 2 is 2.38 bits per heavy atom. The lowest BCUT2D eigenvalue weighted by atomic mass is 10.3. The van der Waals surface area contributed by atoms with Crippen LogP contribution in [0.3, 0.4) is 0 Å². The molecule has 1 amide bonds. The summed E-state index contributed by atoms with van der Waals surface area (Å²) in [5.41, 5.74) is 0. The van der Waals surface area contributed by atoms with Gasteiger partial charge in [0.1, 0.15) is 5.01 Å². The summed E-state index contributed by atoms with van der Waals surface area (Å²) in [6.45, 7) is 3.78. The van der Waals surface area contributed by atoms with Gasteiger partial charge in [-0.1, -0.05) is 34.2 Å². The summed E-state index contributed by atoms with van der Waals surface area (Å²) in [6, 6.07) is 0. The third-order valence-electron chi connectivity index (χ3n) is 1.40. The predicted molar refractivity (Wildman–Crippen MR) is 56.3 cm³/mol. The van der Waals surface area contributed by atoms with Gasteiger partial charge in [-0.05, 0) is 13.3 Å². The Bertz CT molecular complexity index is 302. The van der Waals surface area contributed by atoms with Crippen LogP contribution in [0.15, 0.2) is 0 Å². The Kier molecular flexibility index (Phi) is 3.80. The van der Waals surface area contributed by atoms with Crippen LogP contribution in [-0.4, -0.2) is 20.9 Å². The Hall–Kier alpha value is -0.490. The molecule has 1 aromatic heterocycles. The molecule has 6 heteroatoms. The third kappa shape index (κ3) is 3.04. The van der Waals surface area contributed by atoms with E-state index in [0.29, 0.717) is 5.13 Å². The largest absolute Gasteiger partial charge is 0.300 e. The molecule has 0 saturated heterocycles. The van der Waals surface area contributed by atoms with E-state index in [4.69, 9.17) is 0 Å². The van der Waals surface area contributed by atoms with Crippen LogP contribution >= 0.6 is 27.3 Å². The second-order valence-electron chi connectivity index (χ2n) is 2.49. The van der Waals surface area contributed by atoms with Crippen LogP contribution in [0.25, 0.3) is 0 Å². The van der Waals surface area contributed by atoms with Crippen LogP contribution in [0.2, 0.25) is 0 Å². The molecule has 13 heavy (non-hydrogen) atoms. The standard InChI is InChI=1S/C7H10BrN3OS/c1-3-5(8)6(12)9-7-11-10-4(2)13-7/h5H,3H2,1-2H3,(H,9,11,12)/t5-/m0/s1. The first-order valence-corrected chi connectivity index (χ1v) is 5.61. The fraction of sp³-hybridized carbons (Fsp3) is 0.571. The summed E-state index contributed by atoms with van der Waals surface area (Å²) in [7, 11) is 0. The quantitative estimate of drug-likeness (QED) is 0.849. The van der Waals surface area contributed by atoms with Crippen molar-refractivity contribution in [3.05, 3.63) is 5.01 Å². The van der Waals surface area contributed by atoms with Crippen molar-refractivity contribution in [2.45, 2.75) is 25.1 Å². The molecule has 1 rings (SSSR count).